The summed E-state index contributed by atoms with van der Waals surface area (Å²) in [6.45, 7) is 0. The van der Waals surface area contributed by atoms with Crippen LogP contribution >= 0.6 is 0 Å². The quantitative estimate of drug-likeness (QED) is 0.562. The molecule has 1 aromatic heterocycles. The van der Waals surface area contributed by atoms with E-state index in [0.717, 1.165) is 20.1 Å². The zero-order chi connectivity index (χ0) is 8.55. The van der Waals surface area contributed by atoms with Crippen molar-refractivity contribution in [1.29, 1.82) is 0 Å². The Morgan fingerprint density at radius 3 is 2.83 bits per heavy atom. The Morgan fingerprint density at radius 2 is 2.00 bits per heavy atom. The molecule has 0 fully saturated rings. The summed E-state index contributed by atoms with van der Waals surface area (Å²) in [6, 6.07) is 5.97. The molecule has 60 valence electrons. The van der Waals surface area contributed by atoms with Crippen LogP contribution in [0.15, 0.2) is 24.4 Å². The molecule has 0 aliphatic carbocycles. The molecule has 1 aromatic carbocycles. The second-order valence-electron chi connectivity index (χ2n) is 2.37. The van der Waals surface area contributed by atoms with Gasteiger partial charge in [-0.25, -0.2) is 0 Å². The summed E-state index contributed by atoms with van der Waals surface area (Å²) in [5, 5.41) is 0. The number of rotatable bonds is 0. The van der Waals surface area contributed by atoms with Gasteiger partial charge < -0.3 is 0 Å². The van der Waals surface area contributed by atoms with Gasteiger partial charge in [0.15, 0.2) is 0 Å². The summed E-state index contributed by atoms with van der Waals surface area (Å²) in [7, 11) is 0. The number of aromatic nitrogens is 2. The summed E-state index contributed by atoms with van der Waals surface area (Å²) in [5.41, 5.74) is 1.92. The van der Waals surface area contributed by atoms with Crippen LogP contribution in [0, 0.1) is 0 Å². The van der Waals surface area contributed by atoms with Crippen LogP contribution in [0.3, 0.4) is 0 Å². The van der Waals surface area contributed by atoms with Gasteiger partial charge in [0.2, 0.25) is 0 Å². The van der Waals surface area contributed by atoms with Crippen LogP contribution in [0.25, 0.3) is 11.0 Å². The Hall–Kier alpha value is -0.401. The Labute approximate surface area is 86.4 Å². The van der Waals surface area contributed by atoms with Crippen molar-refractivity contribution < 1.29 is 0 Å². The first kappa shape index (κ1) is 8.21. The Morgan fingerprint density at radius 1 is 1.17 bits per heavy atom. The van der Waals surface area contributed by atoms with Crippen molar-refractivity contribution in [1.82, 2.24) is 9.97 Å². The van der Waals surface area contributed by atoms with E-state index < -0.39 is 0 Å². The fourth-order valence-electron chi connectivity index (χ4n) is 1.02. The molecule has 0 radical (unpaired) electrons. The van der Waals surface area contributed by atoms with Gasteiger partial charge in [-0.1, -0.05) is 0 Å². The van der Waals surface area contributed by atoms with E-state index in [-0.39, 0.29) is 0 Å². The third-order valence-corrected chi connectivity index (χ3v) is 2.75. The fraction of sp³-hybridized carbons (Fsp3) is 0. The molecule has 0 N–H and O–H groups in total. The summed E-state index contributed by atoms with van der Waals surface area (Å²) in [5.74, 6) is 0. The molecule has 0 aliphatic rings. The minimum absolute atomic E-state index is 0.896. The average molecular weight is 288 g/mol. The van der Waals surface area contributed by atoms with Crippen LogP contribution in [0.5, 0.6) is 0 Å². The van der Waals surface area contributed by atoms with Gasteiger partial charge in [-0.2, -0.15) is 0 Å². The van der Waals surface area contributed by atoms with Crippen LogP contribution in [-0.4, -0.2) is 42.0 Å². The zero-order valence-electron chi connectivity index (χ0n) is 6.10. The number of fused-ring (bicyclic) bond motifs is 1. The van der Waals surface area contributed by atoms with Crippen LogP contribution in [-0.2, 0) is 0 Å². The molecule has 0 bridgehead atoms. The Kier molecular flexibility index (Phi) is 2.16. The molecule has 0 saturated carbocycles. The van der Waals surface area contributed by atoms with Gasteiger partial charge in [0.1, 0.15) is 0 Å². The number of hydrogen-bond donors (Lipinski definition) is 0. The molecule has 0 spiro atoms. The third-order valence-electron chi connectivity index (χ3n) is 1.54. The summed E-state index contributed by atoms with van der Waals surface area (Å²) in [6.07, 6.45) is 1.76. The second kappa shape index (κ2) is 3.15. The molecule has 2 nitrogen and oxygen atoms in total. The monoisotopic (exact) mass is 290 g/mol. The van der Waals surface area contributed by atoms with Crippen molar-refractivity contribution in [2.24, 2.45) is 0 Å². The summed E-state index contributed by atoms with van der Waals surface area (Å²) in [4.78, 5) is 8.62. The topological polar surface area (TPSA) is 25.8 Å². The molecule has 0 unspecified atom stereocenters. The van der Waals surface area contributed by atoms with E-state index >= 15 is 0 Å². The molecular formula is C8H6N2Se2. The van der Waals surface area contributed by atoms with Crippen molar-refractivity contribution in [3.05, 3.63) is 24.4 Å². The van der Waals surface area contributed by atoms with Gasteiger partial charge in [-0.15, -0.1) is 0 Å². The van der Waals surface area contributed by atoms with Crippen LogP contribution in [0.1, 0.15) is 0 Å². The van der Waals surface area contributed by atoms with E-state index in [1.54, 1.807) is 6.20 Å². The van der Waals surface area contributed by atoms with Crippen LogP contribution in [0.2, 0.25) is 0 Å². The van der Waals surface area contributed by atoms with Gasteiger partial charge in [0, 0.05) is 0 Å². The maximum absolute atomic E-state index is 4.34. The number of benzene rings is 1. The standard InChI is InChI=1S/C8H6N2Se2/c11-6-3-1-2-5-8(6)9-4-7(12)10-5/h1-4,11H,(H,10,12). The van der Waals surface area contributed by atoms with Gasteiger partial charge in [0.25, 0.3) is 0 Å². The van der Waals surface area contributed by atoms with E-state index in [9.17, 15) is 0 Å². The summed E-state index contributed by atoms with van der Waals surface area (Å²) >= 11 is 4.89. The fourth-order valence-corrected chi connectivity index (χ4v) is 1.91. The van der Waals surface area contributed by atoms with Crippen LogP contribution in [0.4, 0.5) is 0 Å². The van der Waals surface area contributed by atoms with Gasteiger partial charge in [0.05, 0.1) is 0 Å². The van der Waals surface area contributed by atoms with E-state index in [1.807, 2.05) is 18.2 Å². The van der Waals surface area contributed by atoms with Crippen LogP contribution < -0.4 is 9.05 Å². The van der Waals surface area contributed by atoms with Crippen molar-refractivity contribution in [2.45, 2.75) is 0 Å². The average Bonchev–Trinajstić information content (AvgIpc) is 2.04. The normalized spacial score (nSPS) is 10.5. The SMILES string of the molecule is [SeH]c1cnc2c([SeH])cccc2n1. The molecule has 12 heavy (non-hydrogen) atoms. The first-order valence-corrected chi connectivity index (χ1v) is 5.29. The number of para-hydroxylation sites is 1. The molecule has 0 aliphatic heterocycles. The van der Waals surface area contributed by atoms with Crippen molar-refractivity contribution >= 4 is 52.1 Å². The van der Waals surface area contributed by atoms with Crippen molar-refractivity contribution in [3.8, 4) is 0 Å². The van der Waals surface area contributed by atoms with E-state index in [0.29, 0.717) is 0 Å². The van der Waals surface area contributed by atoms with Crippen molar-refractivity contribution in [3.63, 3.8) is 0 Å². The molecule has 1 heterocycles. The molecule has 0 atom stereocenters. The summed E-state index contributed by atoms with van der Waals surface area (Å²) < 4.78 is 2.01. The predicted molar refractivity (Wildman–Crippen MR) is 53.1 cm³/mol. The Balaban J connectivity index is 2.86. The van der Waals surface area contributed by atoms with E-state index in [2.05, 4.69) is 42.0 Å². The number of hydrogen-bond acceptors (Lipinski definition) is 2. The van der Waals surface area contributed by atoms with Gasteiger partial charge in [-0.05, 0) is 0 Å². The minimum atomic E-state index is 0.896. The third kappa shape index (κ3) is 1.39. The molecule has 2 rings (SSSR count). The predicted octanol–water partition coefficient (Wildman–Crippen LogP) is -1.32. The van der Waals surface area contributed by atoms with Gasteiger partial charge >= 0.3 is 86.5 Å². The molecule has 0 saturated heterocycles. The first-order valence-electron chi connectivity index (χ1n) is 3.41. The number of nitrogens with zero attached hydrogens (tertiary/aromatic N) is 2. The second-order valence-corrected chi connectivity index (χ2v) is 4.35. The molecule has 2 aromatic rings. The van der Waals surface area contributed by atoms with E-state index in [4.69, 9.17) is 0 Å². The molecule has 0 amide bonds. The molecule has 4 heteroatoms. The van der Waals surface area contributed by atoms with Gasteiger partial charge in [-0.3, -0.25) is 0 Å². The first-order chi connectivity index (χ1) is 5.77. The maximum atomic E-state index is 4.34. The van der Waals surface area contributed by atoms with E-state index in [1.165, 1.54) is 0 Å². The van der Waals surface area contributed by atoms with Crippen molar-refractivity contribution in [2.75, 3.05) is 0 Å². The zero-order valence-corrected chi connectivity index (χ0v) is 9.85. The Bertz CT molecular complexity index is 428. The molecular weight excluding hydrogens is 282 g/mol.